The lowest BCUT2D eigenvalue weighted by Crippen LogP contribution is -2.46. The number of ether oxygens (including phenoxy) is 1. The zero-order chi connectivity index (χ0) is 18.9. The molecular weight excluding hydrogens is 378 g/mol. The van der Waals surface area contributed by atoms with Gasteiger partial charge in [-0.15, -0.1) is 0 Å². The van der Waals surface area contributed by atoms with E-state index < -0.39 is 27.8 Å². The molecule has 8 heteroatoms. The van der Waals surface area contributed by atoms with Gasteiger partial charge in [0.2, 0.25) is 0 Å². The van der Waals surface area contributed by atoms with Crippen molar-refractivity contribution in [3.63, 3.8) is 0 Å². The molecule has 0 aliphatic carbocycles. The molecule has 1 heterocycles. The van der Waals surface area contributed by atoms with Gasteiger partial charge in [-0.2, -0.15) is 0 Å². The van der Waals surface area contributed by atoms with Gasteiger partial charge in [-0.05, 0) is 36.2 Å². The van der Waals surface area contributed by atoms with Gasteiger partial charge >= 0.3 is 5.97 Å². The van der Waals surface area contributed by atoms with Crippen LogP contribution in [0.2, 0.25) is 5.02 Å². The number of nitrogens with zero attached hydrogens (tertiary/aromatic N) is 1. The zero-order valence-corrected chi connectivity index (χ0v) is 15.5. The summed E-state index contributed by atoms with van der Waals surface area (Å²) in [5.41, 5.74) is 0.676. The van der Waals surface area contributed by atoms with Gasteiger partial charge in [0.15, 0.2) is 5.92 Å². The Balaban J connectivity index is 2.14. The lowest BCUT2D eigenvalue weighted by atomic mass is 9.97. The van der Waals surface area contributed by atoms with Crippen molar-refractivity contribution < 1.29 is 22.7 Å². The zero-order valence-electron chi connectivity index (χ0n) is 13.9. The van der Waals surface area contributed by atoms with E-state index in [-0.39, 0.29) is 28.6 Å². The second-order valence-corrected chi connectivity index (χ2v) is 7.97. The first-order valence-electron chi connectivity index (χ1n) is 7.93. The molecule has 2 aromatic rings. The van der Waals surface area contributed by atoms with Crippen LogP contribution in [-0.2, 0) is 30.9 Å². The Morgan fingerprint density at radius 3 is 2.54 bits per heavy atom. The van der Waals surface area contributed by atoms with Crippen molar-refractivity contribution in [3.05, 3.63) is 64.7 Å². The van der Waals surface area contributed by atoms with Gasteiger partial charge in [-0.3, -0.25) is 9.59 Å². The smallest absolute Gasteiger partial charge is 0.323 e. The van der Waals surface area contributed by atoms with E-state index in [4.69, 9.17) is 16.3 Å². The SMILES string of the molecule is CCOC(=O)C1C(=O)N(Cc2ccccc2)S(=O)(=O)c2ccc(Cl)cc21. The fourth-order valence-corrected chi connectivity index (χ4v) is 4.65. The second kappa shape index (κ2) is 7.09. The predicted octanol–water partition coefficient (Wildman–Crippen LogP) is 2.72. The topological polar surface area (TPSA) is 80.8 Å². The highest BCUT2D eigenvalue weighted by Gasteiger charge is 2.47. The van der Waals surface area contributed by atoms with Crippen LogP contribution in [0.4, 0.5) is 0 Å². The molecule has 0 aromatic heterocycles. The van der Waals surface area contributed by atoms with Crippen LogP contribution in [-0.4, -0.2) is 31.2 Å². The molecule has 0 N–H and O–H groups in total. The number of fused-ring (bicyclic) bond motifs is 1. The van der Waals surface area contributed by atoms with E-state index in [0.717, 1.165) is 4.31 Å². The molecule has 1 aliphatic rings. The Kier molecular flexibility index (Phi) is 5.02. The molecule has 1 atom stereocenters. The van der Waals surface area contributed by atoms with Crippen molar-refractivity contribution in [2.45, 2.75) is 24.3 Å². The number of rotatable bonds is 4. The summed E-state index contributed by atoms with van der Waals surface area (Å²) < 4.78 is 31.6. The lowest BCUT2D eigenvalue weighted by Gasteiger charge is -2.32. The van der Waals surface area contributed by atoms with E-state index in [0.29, 0.717) is 5.56 Å². The summed E-state index contributed by atoms with van der Waals surface area (Å²) in [4.78, 5) is 25.2. The third-order valence-electron chi connectivity index (χ3n) is 4.03. The van der Waals surface area contributed by atoms with Crippen molar-refractivity contribution in [1.29, 1.82) is 0 Å². The summed E-state index contributed by atoms with van der Waals surface area (Å²) in [6.07, 6.45) is 0. The summed E-state index contributed by atoms with van der Waals surface area (Å²) in [5, 5.41) is 0.234. The van der Waals surface area contributed by atoms with Gasteiger partial charge in [-0.1, -0.05) is 41.9 Å². The number of carbonyl (C=O) groups is 2. The average Bonchev–Trinajstić information content (AvgIpc) is 2.59. The van der Waals surface area contributed by atoms with E-state index in [1.54, 1.807) is 37.3 Å². The molecule has 1 amide bonds. The van der Waals surface area contributed by atoms with Crippen molar-refractivity contribution >= 4 is 33.5 Å². The summed E-state index contributed by atoms with van der Waals surface area (Å²) >= 11 is 5.96. The van der Waals surface area contributed by atoms with Crippen LogP contribution >= 0.6 is 11.6 Å². The first kappa shape index (κ1) is 18.4. The summed E-state index contributed by atoms with van der Waals surface area (Å²) in [5.74, 6) is -3.01. The maximum absolute atomic E-state index is 13.0. The van der Waals surface area contributed by atoms with Crippen LogP contribution in [0.5, 0.6) is 0 Å². The summed E-state index contributed by atoms with van der Waals surface area (Å²) in [6, 6.07) is 12.7. The van der Waals surface area contributed by atoms with Gasteiger partial charge < -0.3 is 4.74 Å². The first-order valence-corrected chi connectivity index (χ1v) is 9.74. The van der Waals surface area contributed by atoms with Gasteiger partial charge in [0.05, 0.1) is 18.0 Å². The molecule has 136 valence electrons. The Morgan fingerprint density at radius 1 is 1.19 bits per heavy atom. The van der Waals surface area contributed by atoms with E-state index in [2.05, 4.69) is 0 Å². The molecular formula is C18H16ClNO5S. The van der Waals surface area contributed by atoms with E-state index in [9.17, 15) is 18.0 Å². The third-order valence-corrected chi connectivity index (χ3v) is 6.09. The highest BCUT2D eigenvalue weighted by molar-refractivity contribution is 7.89. The van der Waals surface area contributed by atoms with Crippen molar-refractivity contribution in [2.75, 3.05) is 6.61 Å². The summed E-state index contributed by atoms with van der Waals surface area (Å²) in [6.45, 7) is 1.52. The van der Waals surface area contributed by atoms with Gasteiger partial charge in [0.25, 0.3) is 15.9 Å². The van der Waals surface area contributed by atoms with Crippen LogP contribution in [0.3, 0.4) is 0 Å². The molecule has 2 aromatic carbocycles. The Labute approximate surface area is 156 Å². The molecule has 0 saturated heterocycles. The minimum absolute atomic E-state index is 0.0465. The number of amides is 1. The molecule has 0 radical (unpaired) electrons. The quantitative estimate of drug-likeness (QED) is 0.589. The molecule has 0 fully saturated rings. The van der Waals surface area contributed by atoms with Gasteiger partial charge in [0, 0.05) is 5.02 Å². The monoisotopic (exact) mass is 393 g/mol. The fourth-order valence-electron chi connectivity index (χ4n) is 2.86. The van der Waals surface area contributed by atoms with Crippen molar-refractivity contribution in [1.82, 2.24) is 4.31 Å². The summed E-state index contributed by atoms with van der Waals surface area (Å²) in [7, 11) is -4.11. The van der Waals surface area contributed by atoms with E-state index in [1.807, 2.05) is 0 Å². The predicted molar refractivity (Wildman–Crippen MR) is 95.0 cm³/mol. The van der Waals surface area contributed by atoms with Crippen LogP contribution in [0, 0.1) is 0 Å². The molecule has 3 rings (SSSR count). The Morgan fingerprint density at radius 2 is 1.88 bits per heavy atom. The number of hydrogen-bond acceptors (Lipinski definition) is 5. The molecule has 0 spiro atoms. The number of benzene rings is 2. The molecule has 26 heavy (non-hydrogen) atoms. The highest BCUT2D eigenvalue weighted by atomic mass is 35.5. The molecule has 6 nitrogen and oxygen atoms in total. The molecule has 0 saturated carbocycles. The minimum Gasteiger partial charge on any atom is -0.465 e. The van der Waals surface area contributed by atoms with Crippen molar-refractivity contribution in [3.8, 4) is 0 Å². The van der Waals surface area contributed by atoms with E-state index >= 15 is 0 Å². The standard InChI is InChI=1S/C18H16ClNO5S/c1-2-25-18(22)16-14-10-13(19)8-9-15(14)26(23,24)20(17(16)21)11-12-6-4-3-5-7-12/h3-10,16H,2,11H2,1H3. The maximum Gasteiger partial charge on any atom is 0.323 e. The fraction of sp³-hybridized carbons (Fsp3) is 0.222. The number of carbonyl (C=O) groups excluding carboxylic acids is 2. The normalized spacial score (nSPS) is 18.3. The van der Waals surface area contributed by atoms with Crippen molar-refractivity contribution in [2.24, 2.45) is 0 Å². The number of halogens is 1. The molecule has 1 unspecified atom stereocenters. The molecule has 1 aliphatic heterocycles. The number of esters is 1. The first-order chi connectivity index (χ1) is 12.4. The second-order valence-electron chi connectivity index (χ2n) is 5.70. The van der Waals surface area contributed by atoms with Crippen LogP contribution in [0.25, 0.3) is 0 Å². The molecule has 0 bridgehead atoms. The largest absolute Gasteiger partial charge is 0.465 e. The van der Waals surface area contributed by atoms with E-state index in [1.165, 1.54) is 18.2 Å². The van der Waals surface area contributed by atoms with Crippen LogP contribution in [0.1, 0.15) is 24.0 Å². The Bertz CT molecular complexity index is 959. The third kappa shape index (κ3) is 3.20. The van der Waals surface area contributed by atoms with Crippen LogP contribution in [0.15, 0.2) is 53.4 Å². The average molecular weight is 394 g/mol. The Hall–Kier alpha value is -2.38. The number of sulfonamides is 1. The van der Waals surface area contributed by atoms with Crippen LogP contribution < -0.4 is 0 Å². The van der Waals surface area contributed by atoms with Gasteiger partial charge in [0.1, 0.15) is 0 Å². The lowest BCUT2D eigenvalue weighted by molar-refractivity contribution is -0.150. The highest BCUT2D eigenvalue weighted by Crippen LogP contribution is 2.37. The maximum atomic E-state index is 13.0. The minimum atomic E-state index is -4.11. The number of hydrogen-bond donors (Lipinski definition) is 0. The van der Waals surface area contributed by atoms with Gasteiger partial charge in [-0.25, -0.2) is 12.7 Å².